The number of carbonyl (C=O) groups is 1. The second kappa shape index (κ2) is 12.4. The Labute approximate surface area is 183 Å². The van der Waals surface area contributed by atoms with E-state index in [-0.39, 0.29) is 12.4 Å². The van der Waals surface area contributed by atoms with Crippen LogP contribution < -0.4 is 14.9 Å². The number of anilines is 1. The molecule has 1 N–H and O–H groups in total. The highest BCUT2D eigenvalue weighted by atomic mass is 79.9. The summed E-state index contributed by atoms with van der Waals surface area (Å²) in [6.45, 7) is 7.39. The van der Waals surface area contributed by atoms with Crippen molar-refractivity contribution in [3.05, 3.63) is 33.2 Å². The molecule has 1 aromatic carbocycles. The van der Waals surface area contributed by atoms with Crippen molar-refractivity contribution in [2.45, 2.75) is 40.0 Å². The molecule has 2 rings (SSSR count). The summed E-state index contributed by atoms with van der Waals surface area (Å²) >= 11 is 4.93. The fourth-order valence-electron chi connectivity index (χ4n) is 2.31. The maximum absolute atomic E-state index is 11.5. The second-order valence-corrected chi connectivity index (χ2v) is 7.66. The maximum atomic E-state index is 11.5. The van der Waals surface area contributed by atoms with Crippen LogP contribution in [0, 0.1) is 0 Å². The van der Waals surface area contributed by atoms with Gasteiger partial charge in [-0.05, 0) is 48.3 Å². The summed E-state index contributed by atoms with van der Waals surface area (Å²) in [6, 6.07) is 3.77. The van der Waals surface area contributed by atoms with Crippen molar-refractivity contribution in [3.63, 3.8) is 0 Å². The van der Waals surface area contributed by atoms with Crippen molar-refractivity contribution in [2.75, 3.05) is 25.2 Å². The zero-order valence-electron chi connectivity index (χ0n) is 16.9. The Hall–Kier alpha value is -2.13. The van der Waals surface area contributed by atoms with Gasteiger partial charge in [0.2, 0.25) is 5.13 Å². The van der Waals surface area contributed by atoms with Crippen LogP contribution in [0.5, 0.6) is 11.5 Å². The Kier molecular flexibility index (Phi) is 9.93. The number of esters is 1. The van der Waals surface area contributed by atoms with Crippen molar-refractivity contribution in [3.8, 4) is 11.5 Å². The van der Waals surface area contributed by atoms with E-state index < -0.39 is 0 Å². The maximum Gasteiger partial charge on any atom is 0.311 e. The smallest absolute Gasteiger partial charge is 0.311 e. The zero-order chi connectivity index (χ0) is 21.1. The van der Waals surface area contributed by atoms with Crippen LogP contribution >= 0.6 is 27.3 Å². The highest BCUT2D eigenvalue weighted by Crippen LogP contribution is 2.33. The van der Waals surface area contributed by atoms with E-state index in [1.165, 1.54) is 11.3 Å². The molecule has 0 spiro atoms. The molecule has 0 radical (unpaired) electrons. The molecule has 0 unspecified atom stereocenters. The van der Waals surface area contributed by atoms with Crippen LogP contribution in [0.4, 0.5) is 5.13 Å². The summed E-state index contributed by atoms with van der Waals surface area (Å²) in [7, 11) is 0. The van der Waals surface area contributed by atoms with E-state index in [9.17, 15) is 4.79 Å². The summed E-state index contributed by atoms with van der Waals surface area (Å²) in [5, 5.41) is 6.64. The second-order valence-electron chi connectivity index (χ2n) is 5.95. The predicted octanol–water partition coefficient (Wildman–Crippen LogP) is 5.03. The molecule has 0 bridgehead atoms. The monoisotopic (exact) mass is 483 g/mol. The first-order chi connectivity index (χ1) is 14.1. The van der Waals surface area contributed by atoms with Gasteiger partial charge in [0.1, 0.15) is 0 Å². The topological polar surface area (TPSA) is 82.0 Å². The number of aromatic nitrogens is 1. The molecule has 0 aliphatic heterocycles. The standard InChI is InChI=1S/C20H26BrN3O4S/c1-4-7-8-28-18-11-16(21)14(9-17(18)26-5-2)12-22-24-20-23-15(13-29-20)10-19(25)27-6-3/h9,11-13H,4-8,10H2,1-3H3,(H,23,24). The molecule has 0 amide bonds. The Morgan fingerprint density at radius 1 is 1.24 bits per heavy atom. The van der Waals surface area contributed by atoms with Crippen molar-refractivity contribution in [2.24, 2.45) is 5.10 Å². The average molecular weight is 484 g/mol. The third-order valence-corrected chi connectivity index (χ3v) is 5.15. The number of halogens is 1. The minimum atomic E-state index is -0.290. The van der Waals surface area contributed by atoms with Crippen LogP contribution in [-0.2, 0) is 16.0 Å². The van der Waals surface area contributed by atoms with E-state index in [0.29, 0.717) is 42.1 Å². The molecular weight excluding hydrogens is 458 g/mol. The van der Waals surface area contributed by atoms with Crippen LogP contribution in [0.3, 0.4) is 0 Å². The normalized spacial score (nSPS) is 10.9. The van der Waals surface area contributed by atoms with Gasteiger partial charge in [-0.1, -0.05) is 13.3 Å². The number of hydrogen-bond donors (Lipinski definition) is 1. The number of carbonyl (C=O) groups excluding carboxylic acids is 1. The molecule has 0 saturated carbocycles. The molecule has 0 fully saturated rings. The number of hydrogen-bond acceptors (Lipinski definition) is 8. The van der Waals surface area contributed by atoms with Crippen LogP contribution in [0.15, 0.2) is 27.1 Å². The van der Waals surface area contributed by atoms with Gasteiger partial charge in [-0.15, -0.1) is 11.3 Å². The van der Waals surface area contributed by atoms with Crippen molar-refractivity contribution in [1.82, 2.24) is 4.98 Å². The number of thiazole rings is 1. The van der Waals surface area contributed by atoms with Gasteiger partial charge in [-0.2, -0.15) is 5.10 Å². The predicted molar refractivity (Wildman–Crippen MR) is 119 cm³/mol. The van der Waals surface area contributed by atoms with Gasteiger partial charge in [0.25, 0.3) is 0 Å². The fraction of sp³-hybridized carbons (Fsp3) is 0.450. The van der Waals surface area contributed by atoms with E-state index in [1.807, 2.05) is 19.1 Å². The number of ether oxygens (including phenoxy) is 3. The fourth-order valence-corrected chi connectivity index (χ4v) is 3.40. The lowest BCUT2D eigenvalue weighted by Gasteiger charge is -2.13. The van der Waals surface area contributed by atoms with Gasteiger partial charge in [-0.25, -0.2) is 4.98 Å². The van der Waals surface area contributed by atoms with Gasteiger partial charge < -0.3 is 14.2 Å². The van der Waals surface area contributed by atoms with Crippen LogP contribution in [-0.4, -0.2) is 37.0 Å². The number of nitrogens with one attached hydrogen (secondary N) is 1. The van der Waals surface area contributed by atoms with E-state index in [4.69, 9.17) is 14.2 Å². The van der Waals surface area contributed by atoms with Crippen molar-refractivity contribution >= 4 is 44.6 Å². The number of nitrogens with zero attached hydrogens (tertiary/aromatic N) is 2. The molecule has 1 aromatic heterocycles. The minimum Gasteiger partial charge on any atom is -0.490 e. The SMILES string of the molecule is CCCCOc1cc(Br)c(C=NNc2nc(CC(=O)OCC)cs2)cc1OCC. The zero-order valence-corrected chi connectivity index (χ0v) is 19.3. The third-order valence-electron chi connectivity index (χ3n) is 3.66. The largest absolute Gasteiger partial charge is 0.490 e. The van der Waals surface area contributed by atoms with Gasteiger partial charge in [0, 0.05) is 15.4 Å². The Morgan fingerprint density at radius 3 is 2.76 bits per heavy atom. The van der Waals surface area contributed by atoms with E-state index in [2.05, 4.69) is 38.4 Å². The molecule has 1 heterocycles. The molecule has 0 saturated heterocycles. The van der Waals surface area contributed by atoms with Gasteiger partial charge in [0.05, 0.1) is 38.1 Å². The van der Waals surface area contributed by atoms with Crippen LogP contribution in [0.25, 0.3) is 0 Å². The summed E-state index contributed by atoms with van der Waals surface area (Å²) in [4.78, 5) is 15.8. The number of rotatable bonds is 12. The van der Waals surface area contributed by atoms with Gasteiger partial charge in [-0.3, -0.25) is 10.2 Å². The quantitative estimate of drug-likeness (QED) is 0.197. The summed E-state index contributed by atoms with van der Waals surface area (Å²) < 4.78 is 17.3. The lowest BCUT2D eigenvalue weighted by Crippen LogP contribution is -2.07. The molecule has 2 aromatic rings. The molecule has 158 valence electrons. The van der Waals surface area contributed by atoms with E-state index in [0.717, 1.165) is 22.9 Å². The number of unbranched alkanes of at least 4 members (excludes halogenated alkanes) is 1. The van der Waals surface area contributed by atoms with Crippen molar-refractivity contribution < 1.29 is 19.0 Å². The number of hydrazone groups is 1. The average Bonchev–Trinajstić information content (AvgIpc) is 3.12. The molecule has 0 atom stereocenters. The number of benzene rings is 1. The molecular formula is C20H26BrN3O4S. The third kappa shape index (κ3) is 7.66. The summed E-state index contributed by atoms with van der Waals surface area (Å²) in [5.41, 5.74) is 4.38. The van der Waals surface area contributed by atoms with Crippen molar-refractivity contribution in [1.29, 1.82) is 0 Å². The molecule has 0 aliphatic rings. The molecule has 9 heteroatoms. The van der Waals surface area contributed by atoms with E-state index in [1.54, 1.807) is 18.5 Å². The first-order valence-electron chi connectivity index (χ1n) is 9.55. The van der Waals surface area contributed by atoms with Crippen LogP contribution in [0.1, 0.15) is 44.9 Å². The lowest BCUT2D eigenvalue weighted by atomic mass is 10.2. The van der Waals surface area contributed by atoms with Crippen LogP contribution in [0.2, 0.25) is 0 Å². The minimum absolute atomic E-state index is 0.151. The first kappa shape index (κ1) is 23.2. The first-order valence-corrected chi connectivity index (χ1v) is 11.2. The Bertz CT molecular complexity index is 826. The highest BCUT2D eigenvalue weighted by molar-refractivity contribution is 9.10. The summed E-state index contributed by atoms with van der Waals surface area (Å²) in [6.07, 6.45) is 3.88. The van der Waals surface area contributed by atoms with E-state index >= 15 is 0 Å². The van der Waals surface area contributed by atoms with Gasteiger partial charge in [0.15, 0.2) is 11.5 Å². The molecule has 0 aliphatic carbocycles. The molecule has 29 heavy (non-hydrogen) atoms. The van der Waals surface area contributed by atoms with Gasteiger partial charge >= 0.3 is 5.97 Å². The Morgan fingerprint density at radius 2 is 2.03 bits per heavy atom. The highest BCUT2D eigenvalue weighted by Gasteiger charge is 2.11. The summed E-state index contributed by atoms with van der Waals surface area (Å²) in [5.74, 6) is 1.10. The molecule has 7 nitrogen and oxygen atoms in total. The Balaban J connectivity index is 2.03. The lowest BCUT2D eigenvalue weighted by molar-refractivity contribution is -0.142.